The van der Waals surface area contributed by atoms with Crippen LogP contribution in [0.15, 0.2) is 18.2 Å². The fourth-order valence-corrected chi connectivity index (χ4v) is 2.36. The minimum Gasteiger partial charge on any atom is -0.469 e. The standard InChI is InChI=1S/C14H15FN2O2/c1-19-14(18)12-5-6-17(9-12)8-11-4-2-3-10(7-16)13(11)15/h2-4,12H,5-6,8-9H2,1H3. The number of carbonyl (C=O) groups is 1. The van der Waals surface area contributed by atoms with E-state index in [0.717, 1.165) is 13.0 Å². The van der Waals surface area contributed by atoms with Gasteiger partial charge in [0.05, 0.1) is 18.6 Å². The summed E-state index contributed by atoms with van der Waals surface area (Å²) in [5.41, 5.74) is 0.547. The van der Waals surface area contributed by atoms with Crippen LogP contribution < -0.4 is 0 Å². The summed E-state index contributed by atoms with van der Waals surface area (Å²) in [6, 6.07) is 6.63. The number of nitrogens with zero attached hydrogens (tertiary/aromatic N) is 2. The Bertz CT molecular complexity index is 525. The molecule has 1 aliphatic rings. The number of benzene rings is 1. The molecular formula is C14H15FN2O2. The van der Waals surface area contributed by atoms with E-state index in [4.69, 9.17) is 10.00 Å². The summed E-state index contributed by atoms with van der Waals surface area (Å²) in [5.74, 6) is -0.813. The van der Waals surface area contributed by atoms with Gasteiger partial charge < -0.3 is 4.74 Å². The number of hydrogen-bond donors (Lipinski definition) is 0. The highest BCUT2D eigenvalue weighted by molar-refractivity contribution is 5.72. The molecule has 1 aromatic rings. The van der Waals surface area contributed by atoms with Crippen LogP contribution in [0.25, 0.3) is 0 Å². The van der Waals surface area contributed by atoms with Crippen molar-refractivity contribution in [2.75, 3.05) is 20.2 Å². The number of nitriles is 1. The maximum absolute atomic E-state index is 13.9. The van der Waals surface area contributed by atoms with Gasteiger partial charge in [-0.2, -0.15) is 5.26 Å². The monoisotopic (exact) mass is 262 g/mol. The maximum atomic E-state index is 13.9. The zero-order valence-electron chi connectivity index (χ0n) is 10.7. The lowest BCUT2D eigenvalue weighted by atomic mass is 10.1. The molecule has 1 atom stereocenters. The molecule has 0 bridgehead atoms. The van der Waals surface area contributed by atoms with E-state index in [1.54, 1.807) is 12.1 Å². The molecule has 0 amide bonds. The van der Waals surface area contributed by atoms with Crippen LogP contribution >= 0.6 is 0 Å². The largest absolute Gasteiger partial charge is 0.469 e. The molecular weight excluding hydrogens is 247 g/mol. The first-order valence-electron chi connectivity index (χ1n) is 6.13. The topological polar surface area (TPSA) is 53.3 Å². The van der Waals surface area contributed by atoms with Crippen LogP contribution in [0.5, 0.6) is 0 Å². The first-order chi connectivity index (χ1) is 9.15. The molecule has 1 heterocycles. The van der Waals surface area contributed by atoms with Crippen molar-refractivity contribution in [3.63, 3.8) is 0 Å². The highest BCUT2D eigenvalue weighted by Crippen LogP contribution is 2.21. The Balaban J connectivity index is 2.04. The highest BCUT2D eigenvalue weighted by atomic mass is 19.1. The van der Waals surface area contributed by atoms with Gasteiger partial charge in [-0.15, -0.1) is 0 Å². The minimum atomic E-state index is -0.466. The zero-order valence-corrected chi connectivity index (χ0v) is 10.7. The van der Waals surface area contributed by atoms with Crippen molar-refractivity contribution in [3.8, 4) is 6.07 Å². The van der Waals surface area contributed by atoms with Gasteiger partial charge in [0.25, 0.3) is 0 Å². The first kappa shape index (κ1) is 13.5. The second-order valence-electron chi connectivity index (χ2n) is 4.63. The summed E-state index contributed by atoms with van der Waals surface area (Å²) in [6.45, 7) is 1.72. The van der Waals surface area contributed by atoms with Crippen molar-refractivity contribution < 1.29 is 13.9 Å². The molecule has 0 radical (unpaired) electrons. The second-order valence-corrected chi connectivity index (χ2v) is 4.63. The molecule has 5 heteroatoms. The van der Waals surface area contributed by atoms with Crippen molar-refractivity contribution in [1.29, 1.82) is 5.26 Å². The predicted molar refractivity (Wildman–Crippen MR) is 66.5 cm³/mol. The Kier molecular flexibility index (Phi) is 4.13. The summed E-state index contributed by atoms with van der Waals surface area (Å²) in [6.07, 6.45) is 0.728. The van der Waals surface area contributed by atoms with Gasteiger partial charge in [0.1, 0.15) is 11.9 Å². The van der Waals surface area contributed by atoms with Crippen LogP contribution in [-0.2, 0) is 16.1 Å². The number of esters is 1. The van der Waals surface area contributed by atoms with Gasteiger partial charge in [0.2, 0.25) is 0 Å². The van der Waals surface area contributed by atoms with Gasteiger partial charge in [-0.1, -0.05) is 12.1 Å². The predicted octanol–water partition coefficient (Wildman–Crippen LogP) is 1.69. The summed E-state index contributed by atoms with van der Waals surface area (Å²) >= 11 is 0. The lowest BCUT2D eigenvalue weighted by molar-refractivity contribution is -0.144. The van der Waals surface area contributed by atoms with E-state index in [-0.39, 0.29) is 17.5 Å². The molecule has 1 fully saturated rings. The minimum absolute atomic E-state index is 0.0567. The van der Waals surface area contributed by atoms with Crippen molar-refractivity contribution >= 4 is 5.97 Å². The van der Waals surface area contributed by atoms with Crippen LogP contribution in [-0.4, -0.2) is 31.1 Å². The van der Waals surface area contributed by atoms with Crippen LogP contribution in [0.2, 0.25) is 0 Å². The lowest BCUT2D eigenvalue weighted by Gasteiger charge is -2.16. The normalized spacial score (nSPS) is 19.1. The molecule has 1 saturated heterocycles. The van der Waals surface area contributed by atoms with E-state index in [1.165, 1.54) is 13.2 Å². The Morgan fingerprint density at radius 2 is 2.42 bits per heavy atom. The van der Waals surface area contributed by atoms with Gasteiger partial charge in [0, 0.05) is 18.7 Å². The molecule has 19 heavy (non-hydrogen) atoms. The van der Waals surface area contributed by atoms with E-state index in [0.29, 0.717) is 18.7 Å². The number of halogens is 1. The second kappa shape index (κ2) is 5.81. The van der Waals surface area contributed by atoms with Crippen molar-refractivity contribution in [2.45, 2.75) is 13.0 Å². The third kappa shape index (κ3) is 2.91. The Morgan fingerprint density at radius 3 is 3.11 bits per heavy atom. The van der Waals surface area contributed by atoms with Gasteiger partial charge in [-0.25, -0.2) is 4.39 Å². The number of likely N-dealkylation sites (tertiary alicyclic amines) is 1. The molecule has 0 spiro atoms. The van der Waals surface area contributed by atoms with E-state index >= 15 is 0 Å². The van der Waals surface area contributed by atoms with E-state index < -0.39 is 5.82 Å². The van der Waals surface area contributed by atoms with Gasteiger partial charge in [-0.3, -0.25) is 9.69 Å². The number of methoxy groups -OCH3 is 1. The average molecular weight is 262 g/mol. The molecule has 2 rings (SSSR count). The summed E-state index contributed by atoms with van der Waals surface area (Å²) in [4.78, 5) is 13.4. The number of hydrogen-bond acceptors (Lipinski definition) is 4. The quantitative estimate of drug-likeness (QED) is 0.778. The number of ether oxygens (including phenoxy) is 1. The Hall–Kier alpha value is -1.93. The fourth-order valence-electron chi connectivity index (χ4n) is 2.36. The van der Waals surface area contributed by atoms with E-state index in [2.05, 4.69) is 0 Å². The molecule has 0 N–H and O–H groups in total. The molecule has 1 aliphatic heterocycles. The first-order valence-corrected chi connectivity index (χ1v) is 6.13. The zero-order chi connectivity index (χ0) is 13.8. The summed E-state index contributed by atoms with van der Waals surface area (Å²) in [7, 11) is 1.38. The fraction of sp³-hybridized carbons (Fsp3) is 0.429. The molecule has 0 aliphatic carbocycles. The van der Waals surface area contributed by atoms with Crippen molar-refractivity contribution in [1.82, 2.24) is 4.90 Å². The van der Waals surface area contributed by atoms with E-state index in [1.807, 2.05) is 11.0 Å². The van der Waals surface area contributed by atoms with Crippen LogP contribution in [0.1, 0.15) is 17.5 Å². The molecule has 1 unspecified atom stereocenters. The van der Waals surface area contributed by atoms with Crippen LogP contribution in [0, 0.1) is 23.1 Å². The molecule has 4 nitrogen and oxygen atoms in total. The average Bonchev–Trinajstić information content (AvgIpc) is 2.89. The van der Waals surface area contributed by atoms with Crippen molar-refractivity contribution in [3.05, 3.63) is 35.1 Å². The molecule has 0 aromatic heterocycles. The molecule has 0 saturated carbocycles. The number of carbonyl (C=O) groups excluding carboxylic acids is 1. The van der Waals surface area contributed by atoms with Crippen LogP contribution in [0.4, 0.5) is 4.39 Å². The third-order valence-electron chi connectivity index (χ3n) is 3.40. The highest BCUT2D eigenvalue weighted by Gasteiger charge is 2.29. The summed E-state index contributed by atoms with van der Waals surface area (Å²) in [5, 5.41) is 8.79. The third-order valence-corrected chi connectivity index (χ3v) is 3.40. The van der Waals surface area contributed by atoms with Gasteiger partial charge >= 0.3 is 5.97 Å². The lowest BCUT2D eigenvalue weighted by Crippen LogP contribution is -2.24. The smallest absolute Gasteiger partial charge is 0.310 e. The van der Waals surface area contributed by atoms with Gasteiger partial charge in [0.15, 0.2) is 0 Å². The number of rotatable bonds is 3. The summed E-state index contributed by atoms with van der Waals surface area (Å²) < 4.78 is 18.6. The van der Waals surface area contributed by atoms with Gasteiger partial charge in [-0.05, 0) is 19.0 Å². The maximum Gasteiger partial charge on any atom is 0.310 e. The molecule has 1 aromatic carbocycles. The molecule has 100 valence electrons. The Labute approximate surface area is 111 Å². The van der Waals surface area contributed by atoms with E-state index in [9.17, 15) is 9.18 Å². The van der Waals surface area contributed by atoms with Crippen molar-refractivity contribution in [2.24, 2.45) is 5.92 Å². The SMILES string of the molecule is COC(=O)C1CCN(Cc2cccc(C#N)c2F)C1. The van der Waals surface area contributed by atoms with Crippen LogP contribution in [0.3, 0.4) is 0 Å². The Morgan fingerprint density at radius 1 is 1.63 bits per heavy atom.